The number of thiophene rings is 1. The van der Waals surface area contributed by atoms with Crippen molar-refractivity contribution in [3.05, 3.63) is 92.8 Å². The van der Waals surface area contributed by atoms with E-state index in [2.05, 4.69) is 20.6 Å². The van der Waals surface area contributed by atoms with Gasteiger partial charge in [-0.25, -0.2) is 18.7 Å². The van der Waals surface area contributed by atoms with Gasteiger partial charge in [0.1, 0.15) is 17.2 Å². The molecule has 0 atom stereocenters. The Morgan fingerprint density at radius 2 is 1.73 bits per heavy atom. The zero-order valence-corrected chi connectivity index (χ0v) is 26.3. The number of likely N-dealkylation sites (tertiary alicyclic amines) is 1. The van der Waals surface area contributed by atoms with E-state index in [1.165, 1.54) is 29.5 Å². The molecule has 2 aliphatic heterocycles. The Balaban J connectivity index is 1.20. The van der Waals surface area contributed by atoms with Crippen molar-refractivity contribution in [2.75, 3.05) is 39.5 Å². The molecule has 12 heteroatoms. The number of benzene rings is 2. The first-order valence-electron chi connectivity index (χ1n) is 14.6. The zero-order valence-electron chi connectivity index (χ0n) is 25.4. The standard InChI is InChI=1S/C33H33F2N7O2S/c1-19-16-23-27-21(17-37-28(29(23)45-19)26-24(34)6-5-7-25(26)35)18-38-32(40-27)39-22-10-8-20(9-11-22)30(43)42-14-12-33(13-15-42,41(3)4)31(44)36-2/h5-11,16,18H,12-15,17H2,1-4H3,(H,36,44)(H,38,39,40). The number of hydrogen-bond acceptors (Lipinski definition) is 8. The summed E-state index contributed by atoms with van der Waals surface area (Å²) >= 11 is 1.41. The van der Waals surface area contributed by atoms with Crippen molar-refractivity contribution in [2.45, 2.75) is 31.8 Å². The van der Waals surface area contributed by atoms with Crippen molar-refractivity contribution in [1.29, 1.82) is 0 Å². The van der Waals surface area contributed by atoms with Gasteiger partial charge in [-0.2, -0.15) is 0 Å². The van der Waals surface area contributed by atoms with Crippen molar-refractivity contribution < 1.29 is 18.4 Å². The minimum absolute atomic E-state index is 0.0349. The number of hydrogen-bond donors (Lipinski definition) is 2. The van der Waals surface area contributed by atoms with Crippen LogP contribution in [0.1, 0.15) is 44.1 Å². The molecule has 0 saturated carbocycles. The zero-order chi connectivity index (χ0) is 31.9. The van der Waals surface area contributed by atoms with Gasteiger partial charge in [-0.1, -0.05) is 6.07 Å². The van der Waals surface area contributed by atoms with Gasteiger partial charge >= 0.3 is 0 Å². The monoisotopic (exact) mass is 629 g/mol. The summed E-state index contributed by atoms with van der Waals surface area (Å²) in [4.78, 5) is 45.1. The lowest BCUT2D eigenvalue weighted by atomic mass is 9.85. The maximum Gasteiger partial charge on any atom is 0.253 e. The summed E-state index contributed by atoms with van der Waals surface area (Å²) in [6, 6.07) is 12.8. The van der Waals surface area contributed by atoms with Crippen molar-refractivity contribution in [3.63, 3.8) is 0 Å². The first-order chi connectivity index (χ1) is 21.6. The highest BCUT2D eigenvalue weighted by atomic mass is 32.1. The van der Waals surface area contributed by atoms with Gasteiger partial charge in [0.25, 0.3) is 5.91 Å². The third-order valence-corrected chi connectivity index (χ3v) is 9.63. The largest absolute Gasteiger partial charge is 0.358 e. The molecule has 2 amide bonds. The van der Waals surface area contributed by atoms with E-state index < -0.39 is 17.2 Å². The number of nitrogens with one attached hydrogen (secondary N) is 2. The fourth-order valence-corrected chi connectivity index (χ4v) is 7.06. The van der Waals surface area contributed by atoms with Crippen LogP contribution in [0.15, 0.2) is 59.7 Å². The molecule has 1 fully saturated rings. The number of anilines is 2. The predicted molar refractivity (Wildman–Crippen MR) is 171 cm³/mol. The van der Waals surface area contributed by atoms with E-state index in [1.54, 1.807) is 42.4 Å². The van der Waals surface area contributed by atoms with Crippen LogP contribution >= 0.6 is 11.3 Å². The third kappa shape index (κ3) is 5.59. The maximum absolute atomic E-state index is 14.8. The predicted octanol–water partition coefficient (Wildman–Crippen LogP) is 5.17. The van der Waals surface area contributed by atoms with E-state index in [9.17, 15) is 18.4 Å². The summed E-state index contributed by atoms with van der Waals surface area (Å²) in [7, 11) is 5.42. The number of rotatable bonds is 6. The number of likely N-dealkylation sites (N-methyl/N-ethyl adjacent to an activating group) is 2. The lowest BCUT2D eigenvalue weighted by Gasteiger charge is -2.44. The van der Waals surface area contributed by atoms with Crippen LogP contribution in [0, 0.1) is 18.6 Å². The average Bonchev–Trinajstić information content (AvgIpc) is 3.37. The Labute approximate surface area is 264 Å². The van der Waals surface area contributed by atoms with E-state index >= 15 is 0 Å². The molecule has 2 aromatic carbocycles. The molecule has 4 heterocycles. The normalized spacial score (nSPS) is 15.5. The Morgan fingerprint density at radius 3 is 2.38 bits per heavy atom. The molecule has 0 aliphatic carbocycles. The van der Waals surface area contributed by atoms with Crippen LogP contribution in [0.2, 0.25) is 0 Å². The fraction of sp³-hybridized carbons (Fsp3) is 0.303. The van der Waals surface area contributed by atoms with E-state index in [1.807, 2.05) is 32.0 Å². The van der Waals surface area contributed by atoms with Crippen LogP contribution in [0.3, 0.4) is 0 Å². The van der Waals surface area contributed by atoms with Crippen LogP contribution < -0.4 is 10.6 Å². The molecule has 6 rings (SSSR count). The molecule has 0 spiro atoms. The summed E-state index contributed by atoms with van der Waals surface area (Å²) < 4.78 is 29.6. The van der Waals surface area contributed by atoms with Gasteiger partial charge in [0.2, 0.25) is 11.9 Å². The molecule has 0 unspecified atom stereocenters. The number of carbonyl (C=O) groups is 2. The second-order valence-corrected chi connectivity index (χ2v) is 12.7. The van der Waals surface area contributed by atoms with Crippen LogP contribution in [0.5, 0.6) is 0 Å². The summed E-state index contributed by atoms with van der Waals surface area (Å²) in [5, 5.41) is 5.97. The second-order valence-electron chi connectivity index (χ2n) is 11.4. The van der Waals surface area contributed by atoms with E-state index in [-0.39, 0.29) is 29.6 Å². The highest BCUT2D eigenvalue weighted by molar-refractivity contribution is 7.14. The molecule has 2 aromatic heterocycles. The Morgan fingerprint density at radius 1 is 1.04 bits per heavy atom. The summed E-state index contributed by atoms with van der Waals surface area (Å²) in [5.41, 5.74) is 2.85. The number of aliphatic imine (C=N–C) groups is 1. The third-order valence-electron chi connectivity index (χ3n) is 8.57. The lowest BCUT2D eigenvalue weighted by Crippen LogP contribution is -2.61. The smallest absolute Gasteiger partial charge is 0.253 e. The first-order valence-corrected chi connectivity index (χ1v) is 15.4. The van der Waals surface area contributed by atoms with Crippen molar-refractivity contribution in [3.8, 4) is 11.3 Å². The molecular formula is C33H33F2N7O2S. The lowest BCUT2D eigenvalue weighted by molar-refractivity contribution is -0.134. The van der Waals surface area contributed by atoms with Gasteiger partial charge in [-0.05, 0) is 76.3 Å². The molecule has 2 aliphatic rings. The highest BCUT2D eigenvalue weighted by Crippen LogP contribution is 2.38. The van der Waals surface area contributed by atoms with Crippen LogP contribution in [-0.4, -0.2) is 77.1 Å². The van der Waals surface area contributed by atoms with Crippen LogP contribution in [0.4, 0.5) is 20.4 Å². The quantitative estimate of drug-likeness (QED) is 0.305. The summed E-state index contributed by atoms with van der Waals surface area (Å²) in [6.45, 7) is 3.06. The first kappa shape index (κ1) is 30.5. The number of nitrogens with zero attached hydrogens (tertiary/aromatic N) is 5. The number of halogens is 2. The summed E-state index contributed by atoms with van der Waals surface area (Å²) in [5.74, 6) is -1.12. The molecule has 0 bridgehead atoms. The number of fused-ring (bicyclic) bond motifs is 3. The van der Waals surface area contributed by atoms with Crippen molar-refractivity contribution in [1.82, 2.24) is 25.1 Å². The van der Waals surface area contributed by atoms with Gasteiger partial charge in [-0.3, -0.25) is 19.5 Å². The SMILES string of the molecule is CNC(=O)C1(N(C)C)CCN(C(=O)c2ccc(Nc3ncc4c(n3)-c3cc(C)sc3C(c3c(F)cccc3F)=NC4)cc2)CC1. The van der Waals surface area contributed by atoms with Gasteiger partial charge in [0, 0.05) is 53.6 Å². The molecule has 1 saturated heterocycles. The van der Waals surface area contributed by atoms with E-state index in [0.29, 0.717) is 53.7 Å². The van der Waals surface area contributed by atoms with Gasteiger partial charge in [0.15, 0.2) is 0 Å². The Hall–Kier alpha value is -4.55. The van der Waals surface area contributed by atoms with E-state index in [4.69, 9.17) is 4.98 Å². The van der Waals surface area contributed by atoms with Gasteiger partial charge in [-0.15, -0.1) is 11.3 Å². The van der Waals surface area contributed by atoms with Crippen LogP contribution in [-0.2, 0) is 11.3 Å². The molecule has 232 valence electrons. The fourth-order valence-electron chi connectivity index (χ4n) is 6.03. The van der Waals surface area contributed by atoms with Gasteiger partial charge in [0.05, 0.1) is 28.4 Å². The highest BCUT2D eigenvalue weighted by Gasteiger charge is 2.43. The van der Waals surface area contributed by atoms with Gasteiger partial charge < -0.3 is 15.5 Å². The molecule has 0 radical (unpaired) electrons. The number of carbonyl (C=O) groups excluding carboxylic acids is 2. The average molecular weight is 630 g/mol. The van der Waals surface area contributed by atoms with Crippen molar-refractivity contribution >= 4 is 40.5 Å². The number of piperidine rings is 1. The second kappa shape index (κ2) is 12.1. The topological polar surface area (TPSA) is 103 Å². The number of amides is 2. The Kier molecular flexibility index (Phi) is 8.19. The van der Waals surface area contributed by atoms with Crippen molar-refractivity contribution in [2.24, 2.45) is 4.99 Å². The molecule has 45 heavy (non-hydrogen) atoms. The molecule has 2 N–H and O–H groups in total. The molecular weight excluding hydrogens is 596 g/mol. The maximum atomic E-state index is 14.8. The van der Waals surface area contributed by atoms with E-state index in [0.717, 1.165) is 16.0 Å². The van der Waals surface area contributed by atoms with Crippen LogP contribution in [0.25, 0.3) is 11.3 Å². The molecule has 9 nitrogen and oxygen atoms in total. The Bertz CT molecular complexity index is 1790. The minimum atomic E-state index is -0.669. The molecule has 4 aromatic rings. The minimum Gasteiger partial charge on any atom is -0.358 e. The number of aromatic nitrogens is 2. The number of aryl methyl sites for hydroxylation is 1. The summed E-state index contributed by atoms with van der Waals surface area (Å²) in [6.07, 6.45) is 2.77.